The Hall–Kier alpha value is -2.42. The van der Waals surface area contributed by atoms with Crippen molar-refractivity contribution in [2.75, 3.05) is 13.1 Å². The highest BCUT2D eigenvalue weighted by Gasteiger charge is 2.19. The lowest BCUT2D eigenvalue weighted by Crippen LogP contribution is -2.27. The lowest BCUT2D eigenvalue weighted by atomic mass is 9.99. The van der Waals surface area contributed by atoms with Gasteiger partial charge in [0.2, 0.25) is 0 Å². The molecule has 0 amide bonds. The first kappa shape index (κ1) is 11.7. The fourth-order valence-electron chi connectivity index (χ4n) is 2.34. The Kier molecular flexibility index (Phi) is 3.11. The monoisotopic (exact) mass is 254 g/mol. The van der Waals surface area contributed by atoms with Crippen LogP contribution in [0.15, 0.2) is 23.7 Å². The Labute approximate surface area is 110 Å². The summed E-state index contributed by atoms with van der Waals surface area (Å²) in [5.74, 6) is 0.222. The van der Waals surface area contributed by atoms with Gasteiger partial charge in [-0.05, 0) is 12.5 Å². The quantitative estimate of drug-likeness (QED) is 0.902. The molecule has 1 aliphatic rings. The molecule has 2 aromatic rings. The smallest absolute Gasteiger partial charge is 0.140 e. The molecule has 0 spiro atoms. The molecule has 0 aliphatic carbocycles. The van der Waals surface area contributed by atoms with Gasteiger partial charge in [0.05, 0.1) is 18.2 Å². The Balaban J connectivity index is 1.81. The van der Waals surface area contributed by atoms with Crippen molar-refractivity contribution in [2.24, 2.45) is 5.10 Å². The number of H-pyrrole nitrogens is 1. The third-order valence-corrected chi connectivity index (χ3v) is 3.33. The molecule has 0 saturated carbocycles. The number of rotatable bonds is 3. The summed E-state index contributed by atoms with van der Waals surface area (Å²) in [6, 6.07) is 4.14. The molecule has 1 atom stereocenters. The first-order valence-electron chi connectivity index (χ1n) is 6.32. The van der Waals surface area contributed by atoms with Crippen molar-refractivity contribution >= 4 is 17.2 Å². The van der Waals surface area contributed by atoms with Gasteiger partial charge < -0.3 is 4.98 Å². The molecule has 96 valence electrons. The van der Waals surface area contributed by atoms with Crippen molar-refractivity contribution in [1.82, 2.24) is 20.0 Å². The predicted molar refractivity (Wildman–Crippen MR) is 71.5 cm³/mol. The number of nitrogens with one attached hydrogen (secondary N) is 1. The summed E-state index contributed by atoms with van der Waals surface area (Å²) in [5.41, 5.74) is 1.89. The molecule has 0 fully saturated rings. The zero-order valence-corrected chi connectivity index (χ0v) is 10.5. The summed E-state index contributed by atoms with van der Waals surface area (Å²) < 4.78 is 0. The van der Waals surface area contributed by atoms with Gasteiger partial charge in [-0.1, -0.05) is 0 Å². The van der Waals surface area contributed by atoms with Crippen molar-refractivity contribution in [3.63, 3.8) is 0 Å². The van der Waals surface area contributed by atoms with Crippen LogP contribution >= 0.6 is 0 Å². The molecule has 0 aromatic carbocycles. The van der Waals surface area contributed by atoms with Gasteiger partial charge in [0.25, 0.3) is 0 Å². The Bertz CT molecular complexity index is 638. The number of aromatic amines is 1. The number of aromatic nitrogens is 3. The van der Waals surface area contributed by atoms with Gasteiger partial charge in [0.15, 0.2) is 0 Å². The van der Waals surface area contributed by atoms with E-state index in [0.717, 1.165) is 29.7 Å². The minimum absolute atomic E-state index is 0.222. The second-order valence-electron chi connectivity index (χ2n) is 4.52. The molecule has 0 bridgehead atoms. The molecular weight excluding hydrogens is 240 g/mol. The maximum Gasteiger partial charge on any atom is 0.140 e. The summed E-state index contributed by atoms with van der Waals surface area (Å²) in [6.07, 6.45) is 6.87. The summed E-state index contributed by atoms with van der Waals surface area (Å²) in [7, 11) is 0. The maximum absolute atomic E-state index is 8.57. The molecular formula is C13H14N6. The molecule has 2 aromatic heterocycles. The van der Waals surface area contributed by atoms with E-state index in [1.165, 1.54) is 0 Å². The Morgan fingerprint density at radius 3 is 3.21 bits per heavy atom. The summed E-state index contributed by atoms with van der Waals surface area (Å²) in [4.78, 5) is 11.7. The summed E-state index contributed by atoms with van der Waals surface area (Å²) >= 11 is 0. The van der Waals surface area contributed by atoms with Crippen LogP contribution in [0.25, 0.3) is 11.0 Å². The van der Waals surface area contributed by atoms with Gasteiger partial charge in [-0.15, -0.1) is 0 Å². The number of nitriles is 1. The summed E-state index contributed by atoms with van der Waals surface area (Å²) in [5, 5.41) is 16.0. The third kappa shape index (κ3) is 2.27. The van der Waals surface area contributed by atoms with Gasteiger partial charge in [0.1, 0.15) is 12.0 Å². The van der Waals surface area contributed by atoms with Crippen LogP contribution in [0.3, 0.4) is 0 Å². The van der Waals surface area contributed by atoms with Crippen LogP contribution in [0.2, 0.25) is 0 Å². The van der Waals surface area contributed by atoms with Crippen LogP contribution in [0.1, 0.15) is 24.5 Å². The van der Waals surface area contributed by atoms with Crippen LogP contribution in [0, 0.1) is 11.3 Å². The van der Waals surface area contributed by atoms with Crippen LogP contribution in [-0.4, -0.2) is 39.3 Å². The van der Waals surface area contributed by atoms with E-state index in [1.54, 1.807) is 6.33 Å². The first-order chi connectivity index (χ1) is 9.38. The molecule has 1 unspecified atom stereocenters. The number of nitrogens with zero attached hydrogens (tertiary/aromatic N) is 5. The topological polar surface area (TPSA) is 81.0 Å². The SMILES string of the molecule is N#CCCN1CCC(c2ncnc3[nH]ccc23)C=N1. The van der Waals surface area contributed by atoms with Crippen molar-refractivity contribution in [2.45, 2.75) is 18.8 Å². The first-order valence-corrected chi connectivity index (χ1v) is 6.32. The van der Waals surface area contributed by atoms with E-state index in [2.05, 4.69) is 26.1 Å². The lowest BCUT2D eigenvalue weighted by molar-refractivity contribution is 0.275. The Morgan fingerprint density at radius 1 is 1.47 bits per heavy atom. The van der Waals surface area contributed by atoms with Crippen molar-refractivity contribution in [1.29, 1.82) is 5.26 Å². The highest BCUT2D eigenvalue weighted by Crippen LogP contribution is 2.25. The van der Waals surface area contributed by atoms with E-state index < -0.39 is 0 Å². The van der Waals surface area contributed by atoms with E-state index in [0.29, 0.717) is 13.0 Å². The molecule has 3 heterocycles. The molecule has 1 N–H and O–H groups in total. The standard InChI is InChI=1S/C13H14N6/c14-4-1-6-19-7-3-10(8-18-19)12-11-2-5-15-13(11)17-9-16-12/h2,5,8-10H,1,3,6-7H2,(H,15,16,17). The van der Waals surface area contributed by atoms with E-state index in [-0.39, 0.29) is 5.92 Å². The zero-order valence-electron chi connectivity index (χ0n) is 10.5. The van der Waals surface area contributed by atoms with Crippen LogP contribution in [-0.2, 0) is 0 Å². The van der Waals surface area contributed by atoms with Gasteiger partial charge >= 0.3 is 0 Å². The molecule has 6 nitrogen and oxygen atoms in total. The average molecular weight is 254 g/mol. The van der Waals surface area contributed by atoms with Gasteiger partial charge in [-0.3, -0.25) is 5.01 Å². The zero-order chi connectivity index (χ0) is 13.1. The third-order valence-electron chi connectivity index (χ3n) is 3.33. The molecule has 3 rings (SSSR count). The second-order valence-corrected chi connectivity index (χ2v) is 4.52. The minimum atomic E-state index is 0.222. The average Bonchev–Trinajstić information content (AvgIpc) is 2.94. The molecule has 0 radical (unpaired) electrons. The van der Waals surface area contributed by atoms with Crippen molar-refractivity contribution < 1.29 is 0 Å². The number of fused-ring (bicyclic) bond motifs is 1. The lowest BCUT2D eigenvalue weighted by Gasteiger charge is -2.25. The van der Waals surface area contributed by atoms with Crippen LogP contribution in [0.4, 0.5) is 0 Å². The van der Waals surface area contributed by atoms with Crippen LogP contribution in [0.5, 0.6) is 0 Å². The predicted octanol–water partition coefficient (Wildman–Crippen LogP) is 1.65. The number of hydrazone groups is 1. The second kappa shape index (κ2) is 5.06. The minimum Gasteiger partial charge on any atom is -0.346 e. The van der Waals surface area contributed by atoms with Gasteiger partial charge in [-0.25, -0.2) is 9.97 Å². The number of hydrogen-bond donors (Lipinski definition) is 1. The fraction of sp³-hybridized carbons (Fsp3) is 0.385. The van der Waals surface area contributed by atoms with E-state index in [4.69, 9.17) is 5.26 Å². The summed E-state index contributed by atoms with van der Waals surface area (Å²) in [6.45, 7) is 1.56. The highest BCUT2D eigenvalue weighted by molar-refractivity contribution is 5.83. The van der Waals surface area contributed by atoms with E-state index in [9.17, 15) is 0 Å². The van der Waals surface area contributed by atoms with Gasteiger partial charge in [0, 0.05) is 36.8 Å². The molecule has 1 aliphatic heterocycles. The number of hydrogen-bond acceptors (Lipinski definition) is 5. The van der Waals surface area contributed by atoms with Crippen molar-refractivity contribution in [3.8, 4) is 6.07 Å². The fourth-order valence-corrected chi connectivity index (χ4v) is 2.34. The van der Waals surface area contributed by atoms with Crippen LogP contribution < -0.4 is 0 Å². The van der Waals surface area contributed by atoms with Crippen molar-refractivity contribution in [3.05, 3.63) is 24.3 Å². The maximum atomic E-state index is 8.57. The van der Waals surface area contributed by atoms with Gasteiger partial charge in [-0.2, -0.15) is 10.4 Å². The molecule has 19 heavy (non-hydrogen) atoms. The Morgan fingerprint density at radius 2 is 2.42 bits per heavy atom. The normalized spacial score (nSPS) is 18.7. The highest BCUT2D eigenvalue weighted by atomic mass is 15.4. The molecule has 0 saturated heterocycles. The van der Waals surface area contributed by atoms with E-state index in [1.807, 2.05) is 23.5 Å². The molecule has 6 heteroatoms. The largest absolute Gasteiger partial charge is 0.346 e. The van der Waals surface area contributed by atoms with E-state index >= 15 is 0 Å².